The fraction of sp³-hybridized carbons (Fsp3) is 0.269. The number of carbonyl (C=O) groups excluding carboxylic acids is 1. The summed E-state index contributed by atoms with van der Waals surface area (Å²) < 4.78 is 1.82. The first kappa shape index (κ1) is 26.4. The normalized spacial score (nSPS) is 11.4. The summed E-state index contributed by atoms with van der Waals surface area (Å²) in [5, 5.41) is 33.3. The Balaban J connectivity index is 1.53. The van der Waals surface area contributed by atoms with E-state index in [1.54, 1.807) is 35.5 Å². The second-order valence-corrected chi connectivity index (χ2v) is 10.3. The molecule has 0 radical (unpaired) electrons. The minimum atomic E-state index is -0.937. The van der Waals surface area contributed by atoms with Gasteiger partial charge in [-0.1, -0.05) is 37.0 Å². The molecule has 2 amide bonds. The van der Waals surface area contributed by atoms with Crippen molar-refractivity contribution in [3.05, 3.63) is 65.2 Å². The second kappa shape index (κ2) is 12.5. The maximum atomic E-state index is 12.2. The lowest BCUT2D eigenvalue weighted by Crippen LogP contribution is -2.04. The molecule has 0 bridgehead atoms. The molecule has 0 saturated carbocycles. The molecule has 4 aromatic rings. The fourth-order valence-corrected chi connectivity index (χ4v) is 5.29. The summed E-state index contributed by atoms with van der Waals surface area (Å²) in [6, 6.07) is 12.1. The minimum Gasteiger partial charge on any atom is -0.493 e. The van der Waals surface area contributed by atoms with Gasteiger partial charge in [0.1, 0.15) is 0 Å². The molecule has 0 aliphatic carbocycles. The van der Waals surface area contributed by atoms with Crippen molar-refractivity contribution < 1.29 is 19.8 Å². The zero-order chi connectivity index (χ0) is 26.2. The maximum absolute atomic E-state index is 12.2. The first-order valence-corrected chi connectivity index (χ1v) is 13.7. The molecule has 0 saturated heterocycles. The summed E-state index contributed by atoms with van der Waals surface area (Å²) in [4.78, 5) is 28.2. The predicted octanol–water partition coefficient (Wildman–Crippen LogP) is 7.34. The lowest BCUT2D eigenvalue weighted by Gasteiger charge is -2.07. The number of thioether (sulfide) groups is 1. The van der Waals surface area contributed by atoms with Gasteiger partial charge in [-0.05, 0) is 48.7 Å². The van der Waals surface area contributed by atoms with Crippen LogP contribution in [0.1, 0.15) is 42.1 Å². The van der Waals surface area contributed by atoms with Crippen LogP contribution >= 0.6 is 23.1 Å². The molecule has 0 aliphatic rings. The predicted molar refractivity (Wildman–Crippen MR) is 147 cm³/mol. The highest BCUT2D eigenvalue weighted by molar-refractivity contribution is 7.99. The van der Waals surface area contributed by atoms with E-state index in [-0.39, 0.29) is 17.1 Å². The smallest absolute Gasteiger partial charge is 0.365 e. The molecule has 9 nitrogen and oxygen atoms in total. The summed E-state index contributed by atoms with van der Waals surface area (Å²) in [7, 11) is 0. The Morgan fingerprint density at radius 1 is 1.16 bits per heavy atom. The SMILES string of the molecule is CCCCCn1c(O)c(N=NC(=O)Nc2nccs2)c2cc(SCCc3ccc(C(=O)O)cc3)ccc21. The van der Waals surface area contributed by atoms with Crippen molar-refractivity contribution in [2.24, 2.45) is 10.2 Å². The number of amides is 2. The molecule has 2 aromatic heterocycles. The number of fused-ring (bicyclic) bond motifs is 1. The summed E-state index contributed by atoms with van der Waals surface area (Å²) >= 11 is 2.92. The van der Waals surface area contributed by atoms with Crippen LogP contribution in [0, 0.1) is 0 Å². The van der Waals surface area contributed by atoms with Gasteiger partial charge < -0.3 is 14.8 Å². The number of hydrogen-bond acceptors (Lipinski definition) is 7. The number of azo groups is 1. The van der Waals surface area contributed by atoms with Gasteiger partial charge in [0.25, 0.3) is 0 Å². The molecule has 0 aliphatic heterocycles. The molecule has 0 atom stereocenters. The van der Waals surface area contributed by atoms with Crippen LogP contribution in [0.15, 0.2) is 69.2 Å². The number of urea groups is 1. The molecule has 2 heterocycles. The van der Waals surface area contributed by atoms with Crippen LogP contribution in [0.5, 0.6) is 5.88 Å². The monoisotopic (exact) mass is 537 g/mol. The Hall–Kier alpha value is -3.70. The minimum absolute atomic E-state index is 0.0161. The average Bonchev–Trinajstić information content (AvgIpc) is 3.49. The molecule has 0 spiro atoms. The Bertz CT molecular complexity index is 1400. The lowest BCUT2D eigenvalue weighted by atomic mass is 10.1. The van der Waals surface area contributed by atoms with E-state index in [1.807, 2.05) is 34.9 Å². The molecule has 4 rings (SSSR count). The van der Waals surface area contributed by atoms with Crippen LogP contribution in [-0.2, 0) is 13.0 Å². The summed E-state index contributed by atoms with van der Waals surface area (Å²) in [5.74, 6) is -0.168. The number of benzene rings is 2. The lowest BCUT2D eigenvalue weighted by molar-refractivity contribution is 0.0697. The summed E-state index contributed by atoms with van der Waals surface area (Å²) in [6.07, 6.45) is 5.36. The molecule has 0 fully saturated rings. The maximum Gasteiger partial charge on any atom is 0.365 e. The van der Waals surface area contributed by atoms with Crippen molar-refractivity contribution in [3.8, 4) is 5.88 Å². The number of aromatic nitrogens is 2. The Labute approximate surface area is 222 Å². The molecular formula is C26H27N5O4S2. The first-order chi connectivity index (χ1) is 18.0. The van der Waals surface area contributed by atoms with Crippen LogP contribution in [-0.4, -0.2) is 37.5 Å². The van der Waals surface area contributed by atoms with E-state index in [0.717, 1.165) is 52.8 Å². The molecule has 37 heavy (non-hydrogen) atoms. The zero-order valence-electron chi connectivity index (χ0n) is 20.3. The zero-order valence-corrected chi connectivity index (χ0v) is 21.9. The third kappa shape index (κ3) is 6.75. The topological polar surface area (TPSA) is 129 Å². The van der Waals surface area contributed by atoms with Gasteiger partial charge >= 0.3 is 12.0 Å². The van der Waals surface area contributed by atoms with Gasteiger partial charge in [-0.25, -0.2) is 14.6 Å². The highest BCUT2D eigenvalue weighted by atomic mass is 32.2. The third-order valence-corrected chi connectivity index (χ3v) is 7.40. The van der Waals surface area contributed by atoms with Crippen LogP contribution in [0.3, 0.4) is 0 Å². The third-order valence-electron chi connectivity index (χ3n) is 5.71. The van der Waals surface area contributed by atoms with Gasteiger partial charge in [0.05, 0.1) is 11.1 Å². The standard InChI is InChI=1S/C26H27N5O4S2/c1-2-3-4-13-31-21-10-9-19(36-14-11-17-5-7-18(8-6-17)24(33)34)16-20(21)22(23(31)32)29-30-25(35)28-26-27-12-15-37-26/h5-10,12,15-16,32H,2-4,11,13-14H2,1H3,(H,33,34)(H,27,28,35). The number of thiazole rings is 1. The van der Waals surface area contributed by atoms with Crippen molar-refractivity contribution in [3.63, 3.8) is 0 Å². The number of aryl methyl sites for hydroxylation is 2. The Morgan fingerprint density at radius 2 is 1.97 bits per heavy atom. The highest BCUT2D eigenvalue weighted by Gasteiger charge is 2.18. The van der Waals surface area contributed by atoms with Crippen molar-refractivity contribution >= 4 is 56.8 Å². The molecule has 2 aromatic carbocycles. The number of carbonyl (C=O) groups is 2. The average molecular weight is 538 g/mol. The van der Waals surface area contributed by atoms with E-state index in [1.165, 1.54) is 11.3 Å². The number of unbranched alkanes of at least 4 members (excludes halogenated alkanes) is 2. The number of aromatic hydroxyl groups is 1. The van der Waals surface area contributed by atoms with Gasteiger partial charge in [-0.15, -0.1) is 28.2 Å². The second-order valence-electron chi connectivity index (χ2n) is 8.28. The van der Waals surface area contributed by atoms with Gasteiger partial charge in [0.2, 0.25) is 5.88 Å². The van der Waals surface area contributed by atoms with Gasteiger partial charge in [0, 0.05) is 34.2 Å². The van der Waals surface area contributed by atoms with E-state index in [2.05, 4.69) is 27.5 Å². The highest BCUT2D eigenvalue weighted by Crippen LogP contribution is 2.41. The largest absolute Gasteiger partial charge is 0.493 e. The van der Waals surface area contributed by atoms with Gasteiger partial charge in [-0.2, -0.15) is 0 Å². The van der Waals surface area contributed by atoms with Crippen LogP contribution < -0.4 is 5.32 Å². The molecule has 3 N–H and O–H groups in total. The van der Waals surface area contributed by atoms with E-state index in [9.17, 15) is 14.7 Å². The Kier molecular flexibility index (Phi) is 8.91. The molecular weight excluding hydrogens is 510 g/mol. The quantitative estimate of drug-likeness (QED) is 0.104. The van der Waals surface area contributed by atoms with Crippen molar-refractivity contribution in [1.29, 1.82) is 0 Å². The number of nitrogens with one attached hydrogen (secondary N) is 1. The summed E-state index contributed by atoms with van der Waals surface area (Å²) in [5.41, 5.74) is 2.41. The van der Waals surface area contributed by atoms with Crippen LogP contribution in [0.25, 0.3) is 10.9 Å². The van der Waals surface area contributed by atoms with E-state index >= 15 is 0 Å². The number of anilines is 1. The first-order valence-electron chi connectivity index (χ1n) is 11.9. The van der Waals surface area contributed by atoms with Crippen molar-refractivity contribution in [1.82, 2.24) is 9.55 Å². The number of aromatic carboxylic acids is 1. The molecule has 0 unspecified atom stereocenters. The Morgan fingerprint density at radius 3 is 2.68 bits per heavy atom. The molecule has 11 heteroatoms. The van der Waals surface area contributed by atoms with Crippen molar-refractivity contribution in [2.75, 3.05) is 11.1 Å². The van der Waals surface area contributed by atoms with E-state index < -0.39 is 12.0 Å². The number of carboxylic acid groups (broad SMARTS) is 1. The number of hydrogen-bond donors (Lipinski definition) is 3. The fourth-order valence-electron chi connectivity index (χ4n) is 3.84. The molecule has 192 valence electrons. The van der Waals surface area contributed by atoms with E-state index in [4.69, 9.17) is 5.11 Å². The van der Waals surface area contributed by atoms with Crippen LogP contribution in [0.2, 0.25) is 0 Å². The number of carboxylic acids is 1. The number of nitrogens with zero attached hydrogens (tertiary/aromatic N) is 4. The van der Waals surface area contributed by atoms with Crippen molar-refractivity contribution in [2.45, 2.75) is 44.0 Å². The summed E-state index contributed by atoms with van der Waals surface area (Å²) in [6.45, 7) is 2.76. The number of rotatable bonds is 11. The van der Waals surface area contributed by atoms with Gasteiger partial charge in [0.15, 0.2) is 10.8 Å². The van der Waals surface area contributed by atoms with E-state index in [0.29, 0.717) is 11.7 Å². The van der Waals surface area contributed by atoms with Crippen LogP contribution in [0.4, 0.5) is 15.6 Å². The van der Waals surface area contributed by atoms with Gasteiger partial charge in [-0.3, -0.25) is 5.32 Å².